The summed E-state index contributed by atoms with van der Waals surface area (Å²) in [6, 6.07) is 10.6. The van der Waals surface area contributed by atoms with E-state index >= 15 is 0 Å². The van der Waals surface area contributed by atoms with Crippen molar-refractivity contribution < 1.29 is 17.9 Å². The second-order valence-corrected chi connectivity index (χ2v) is 11.5. The van der Waals surface area contributed by atoms with Crippen LogP contribution in [0.25, 0.3) is 0 Å². The van der Waals surface area contributed by atoms with Crippen molar-refractivity contribution in [1.82, 2.24) is 9.62 Å². The molecular weight excluding hydrogens is 486 g/mol. The number of hydrogen-bond acceptors (Lipinski definition) is 5. The maximum atomic E-state index is 12.7. The number of piperazine rings is 1. The summed E-state index contributed by atoms with van der Waals surface area (Å²) in [5, 5.41) is 0.170. The lowest BCUT2D eigenvalue weighted by Gasteiger charge is -2.37. The molecule has 1 aliphatic carbocycles. The van der Waals surface area contributed by atoms with Crippen molar-refractivity contribution >= 4 is 33.2 Å². The van der Waals surface area contributed by atoms with Crippen LogP contribution in [0.1, 0.15) is 43.2 Å². The fourth-order valence-corrected chi connectivity index (χ4v) is 6.41. The number of anilines is 1. The number of sulfonamides is 1. The van der Waals surface area contributed by atoms with Gasteiger partial charge in [-0.25, -0.2) is 13.1 Å². The standard InChI is InChI=1S/C26H34ClN3O4S/c1-19-7-6-10-24(20(19)2)29-13-15-30(16-14-29)26(31)18-34-25-12-11-22(17-23(25)27)35(32,33)28-21-8-4-3-5-9-21/h6-7,10-12,17,21,28H,3-5,8-9,13-16,18H2,1-2H3. The molecule has 2 aliphatic rings. The summed E-state index contributed by atoms with van der Waals surface area (Å²) in [6.45, 7) is 6.85. The Balaban J connectivity index is 1.30. The zero-order valence-electron chi connectivity index (χ0n) is 20.4. The molecule has 1 N–H and O–H groups in total. The van der Waals surface area contributed by atoms with Gasteiger partial charge in [-0.1, -0.05) is 43.0 Å². The first kappa shape index (κ1) is 25.8. The number of amides is 1. The molecule has 0 bridgehead atoms. The van der Waals surface area contributed by atoms with E-state index in [1.54, 1.807) is 4.90 Å². The summed E-state index contributed by atoms with van der Waals surface area (Å²) in [5.41, 5.74) is 3.74. The molecule has 1 saturated heterocycles. The van der Waals surface area contributed by atoms with Crippen LogP contribution in [0.5, 0.6) is 5.75 Å². The SMILES string of the molecule is Cc1cccc(N2CCN(C(=O)COc3ccc(S(=O)(=O)NC4CCCCC4)cc3Cl)CC2)c1C. The fraction of sp³-hybridized carbons (Fsp3) is 0.500. The Bertz CT molecular complexity index is 1160. The van der Waals surface area contributed by atoms with Gasteiger partial charge >= 0.3 is 0 Å². The largest absolute Gasteiger partial charge is 0.482 e. The van der Waals surface area contributed by atoms with Gasteiger partial charge in [-0.2, -0.15) is 0 Å². The van der Waals surface area contributed by atoms with Crippen molar-refractivity contribution in [2.75, 3.05) is 37.7 Å². The molecular formula is C26H34ClN3O4S. The molecule has 0 radical (unpaired) electrons. The normalized spacial score (nSPS) is 17.5. The molecule has 1 heterocycles. The summed E-state index contributed by atoms with van der Waals surface area (Å²) in [5.74, 6) is 0.183. The van der Waals surface area contributed by atoms with Crippen LogP contribution in [0.4, 0.5) is 5.69 Å². The van der Waals surface area contributed by atoms with Gasteiger partial charge in [0.25, 0.3) is 5.91 Å². The van der Waals surface area contributed by atoms with Crippen LogP contribution in [0.15, 0.2) is 41.3 Å². The molecule has 2 aromatic carbocycles. The molecule has 0 atom stereocenters. The van der Waals surface area contributed by atoms with Crippen molar-refractivity contribution in [3.8, 4) is 5.75 Å². The van der Waals surface area contributed by atoms with Gasteiger partial charge in [-0.05, 0) is 62.1 Å². The number of aryl methyl sites for hydroxylation is 1. The number of nitrogens with one attached hydrogen (secondary N) is 1. The van der Waals surface area contributed by atoms with E-state index in [2.05, 4.69) is 41.7 Å². The van der Waals surface area contributed by atoms with Crippen LogP contribution in [0, 0.1) is 13.8 Å². The third kappa shape index (κ3) is 6.29. The van der Waals surface area contributed by atoms with Crippen LogP contribution in [-0.4, -0.2) is 58.1 Å². The minimum atomic E-state index is -3.65. The Morgan fingerprint density at radius 1 is 1.06 bits per heavy atom. The zero-order chi connectivity index (χ0) is 25.0. The van der Waals surface area contributed by atoms with Crippen molar-refractivity contribution in [3.05, 3.63) is 52.5 Å². The van der Waals surface area contributed by atoms with E-state index in [-0.39, 0.29) is 28.5 Å². The zero-order valence-corrected chi connectivity index (χ0v) is 22.0. The van der Waals surface area contributed by atoms with E-state index in [0.29, 0.717) is 18.8 Å². The number of benzene rings is 2. The number of carbonyl (C=O) groups is 1. The first-order valence-corrected chi connectivity index (χ1v) is 14.1. The highest BCUT2D eigenvalue weighted by Gasteiger charge is 2.24. The van der Waals surface area contributed by atoms with Crippen molar-refractivity contribution in [1.29, 1.82) is 0 Å². The minimum Gasteiger partial charge on any atom is -0.482 e. The number of hydrogen-bond donors (Lipinski definition) is 1. The summed E-state index contributed by atoms with van der Waals surface area (Å²) in [7, 11) is -3.65. The molecule has 9 heteroatoms. The highest BCUT2D eigenvalue weighted by atomic mass is 35.5. The van der Waals surface area contributed by atoms with Crippen LogP contribution < -0.4 is 14.4 Å². The number of nitrogens with zero attached hydrogens (tertiary/aromatic N) is 2. The van der Waals surface area contributed by atoms with Crippen LogP contribution in [-0.2, 0) is 14.8 Å². The number of carbonyl (C=O) groups excluding carboxylic acids is 1. The topological polar surface area (TPSA) is 79.0 Å². The molecule has 2 aromatic rings. The van der Waals surface area contributed by atoms with E-state index < -0.39 is 10.0 Å². The third-order valence-electron chi connectivity index (χ3n) is 7.04. The fourth-order valence-electron chi connectivity index (χ4n) is 4.78. The van der Waals surface area contributed by atoms with E-state index in [0.717, 1.165) is 45.2 Å². The van der Waals surface area contributed by atoms with Gasteiger partial charge in [-0.15, -0.1) is 0 Å². The smallest absolute Gasteiger partial charge is 0.260 e. The Morgan fingerprint density at radius 2 is 1.77 bits per heavy atom. The molecule has 1 aliphatic heterocycles. The Kier molecular flexibility index (Phi) is 8.24. The van der Waals surface area contributed by atoms with Gasteiger partial charge in [0.05, 0.1) is 9.92 Å². The van der Waals surface area contributed by atoms with Gasteiger partial charge < -0.3 is 14.5 Å². The Morgan fingerprint density at radius 3 is 2.46 bits per heavy atom. The second-order valence-electron chi connectivity index (χ2n) is 9.42. The maximum absolute atomic E-state index is 12.7. The lowest BCUT2D eigenvalue weighted by Crippen LogP contribution is -2.50. The Labute approximate surface area is 213 Å². The first-order chi connectivity index (χ1) is 16.7. The number of halogens is 1. The summed E-state index contributed by atoms with van der Waals surface area (Å²) in [6.07, 6.45) is 4.94. The molecule has 2 fully saturated rings. The lowest BCUT2D eigenvalue weighted by molar-refractivity contribution is -0.133. The average molecular weight is 520 g/mol. The van der Waals surface area contributed by atoms with E-state index in [1.165, 1.54) is 35.0 Å². The van der Waals surface area contributed by atoms with Crippen molar-refractivity contribution in [2.45, 2.75) is 56.9 Å². The minimum absolute atomic E-state index is 0.0311. The maximum Gasteiger partial charge on any atom is 0.260 e. The van der Waals surface area contributed by atoms with Gasteiger partial charge in [0.15, 0.2) is 6.61 Å². The van der Waals surface area contributed by atoms with Gasteiger partial charge in [0.1, 0.15) is 5.75 Å². The number of ether oxygens (including phenoxy) is 1. The molecule has 35 heavy (non-hydrogen) atoms. The monoisotopic (exact) mass is 519 g/mol. The van der Waals surface area contributed by atoms with E-state index in [9.17, 15) is 13.2 Å². The third-order valence-corrected chi connectivity index (χ3v) is 8.85. The van der Waals surface area contributed by atoms with Crippen LogP contribution in [0.3, 0.4) is 0 Å². The van der Waals surface area contributed by atoms with Crippen LogP contribution >= 0.6 is 11.6 Å². The summed E-state index contributed by atoms with van der Waals surface area (Å²) >= 11 is 6.31. The summed E-state index contributed by atoms with van der Waals surface area (Å²) < 4.78 is 33.9. The summed E-state index contributed by atoms with van der Waals surface area (Å²) in [4.78, 5) is 16.9. The average Bonchev–Trinajstić information content (AvgIpc) is 2.85. The highest BCUT2D eigenvalue weighted by molar-refractivity contribution is 7.89. The van der Waals surface area contributed by atoms with Crippen molar-refractivity contribution in [3.63, 3.8) is 0 Å². The highest BCUT2D eigenvalue weighted by Crippen LogP contribution is 2.29. The lowest BCUT2D eigenvalue weighted by atomic mass is 9.96. The predicted octanol–water partition coefficient (Wildman–Crippen LogP) is 4.30. The quantitative estimate of drug-likeness (QED) is 0.590. The van der Waals surface area contributed by atoms with Crippen LogP contribution in [0.2, 0.25) is 5.02 Å². The number of rotatable bonds is 7. The molecule has 7 nitrogen and oxygen atoms in total. The first-order valence-electron chi connectivity index (χ1n) is 12.3. The molecule has 1 amide bonds. The Hall–Kier alpha value is -2.29. The molecule has 0 spiro atoms. The van der Waals surface area contributed by atoms with Gasteiger partial charge in [-0.3, -0.25) is 4.79 Å². The van der Waals surface area contributed by atoms with Gasteiger partial charge in [0, 0.05) is 37.9 Å². The van der Waals surface area contributed by atoms with Crippen molar-refractivity contribution in [2.24, 2.45) is 0 Å². The molecule has 190 valence electrons. The van der Waals surface area contributed by atoms with E-state index in [4.69, 9.17) is 16.3 Å². The molecule has 4 rings (SSSR count). The van der Waals surface area contributed by atoms with E-state index in [1.807, 2.05) is 0 Å². The predicted molar refractivity (Wildman–Crippen MR) is 139 cm³/mol. The molecule has 0 aromatic heterocycles. The molecule has 0 unspecified atom stereocenters. The second kappa shape index (κ2) is 11.2. The van der Waals surface area contributed by atoms with Gasteiger partial charge in [0.2, 0.25) is 10.0 Å². The molecule has 1 saturated carbocycles.